The van der Waals surface area contributed by atoms with Crippen LogP contribution in [0.5, 0.6) is 0 Å². The van der Waals surface area contributed by atoms with E-state index in [1.165, 1.54) is 6.92 Å². The maximum atomic E-state index is 11.0. The van der Waals surface area contributed by atoms with Crippen molar-refractivity contribution in [3.8, 4) is 0 Å². The van der Waals surface area contributed by atoms with Crippen LogP contribution >= 0.6 is 11.8 Å². The zero-order chi connectivity index (χ0) is 9.42. The fourth-order valence-electron chi connectivity index (χ4n) is 1.23. The highest BCUT2D eigenvalue weighted by Crippen LogP contribution is 2.31. The summed E-state index contributed by atoms with van der Waals surface area (Å²) in [5.41, 5.74) is 7.61. The fraction of sp³-hybridized carbons (Fsp3) is 0.375. The first kappa shape index (κ1) is 8.50. The van der Waals surface area contributed by atoms with Gasteiger partial charge in [-0.3, -0.25) is 4.79 Å². The van der Waals surface area contributed by atoms with Crippen molar-refractivity contribution in [3.63, 3.8) is 0 Å². The van der Waals surface area contributed by atoms with Gasteiger partial charge in [0.15, 0.2) is 11.6 Å². The number of thioether (sulfide) groups is 1. The van der Waals surface area contributed by atoms with Gasteiger partial charge in [0.05, 0.1) is 5.69 Å². The second kappa shape index (κ2) is 2.99. The second-order valence-corrected chi connectivity index (χ2v) is 3.89. The highest BCUT2D eigenvalue weighted by molar-refractivity contribution is 7.98. The number of carbonyl (C=O) groups excluding carboxylic acids is 1. The molecule has 0 spiro atoms. The molecule has 1 aliphatic rings. The van der Waals surface area contributed by atoms with Crippen LogP contribution in [0.1, 0.15) is 28.8 Å². The average molecular weight is 195 g/mol. The summed E-state index contributed by atoms with van der Waals surface area (Å²) in [5, 5.41) is 0. The van der Waals surface area contributed by atoms with Crippen LogP contribution in [-0.2, 0) is 11.5 Å². The SMILES string of the molecule is CC(=O)c1nc(N)c2c(n1)CSC2. The van der Waals surface area contributed by atoms with E-state index in [0.29, 0.717) is 5.82 Å². The molecule has 0 bridgehead atoms. The summed E-state index contributed by atoms with van der Waals surface area (Å²) in [7, 11) is 0. The van der Waals surface area contributed by atoms with Gasteiger partial charge in [-0.05, 0) is 0 Å². The summed E-state index contributed by atoms with van der Waals surface area (Å²) >= 11 is 1.74. The molecule has 1 aliphatic heterocycles. The number of hydrogen-bond donors (Lipinski definition) is 1. The third-order valence-electron chi connectivity index (χ3n) is 1.92. The number of anilines is 1. The van der Waals surface area contributed by atoms with Gasteiger partial charge in [-0.2, -0.15) is 11.8 Å². The van der Waals surface area contributed by atoms with Gasteiger partial charge in [0, 0.05) is 24.0 Å². The Bertz CT molecular complexity index is 378. The maximum Gasteiger partial charge on any atom is 0.197 e. The number of nitrogen functional groups attached to an aromatic ring is 1. The summed E-state index contributed by atoms with van der Waals surface area (Å²) in [6, 6.07) is 0. The summed E-state index contributed by atoms with van der Waals surface area (Å²) in [4.78, 5) is 19.1. The Hall–Kier alpha value is -1.10. The first-order valence-electron chi connectivity index (χ1n) is 3.92. The molecule has 0 saturated carbocycles. The topological polar surface area (TPSA) is 68.9 Å². The molecule has 0 saturated heterocycles. The Kier molecular flexibility index (Phi) is 1.95. The molecule has 2 rings (SSSR count). The van der Waals surface area contributed by atoms with E-state index >= 15 is 0 Å². The van der Waals surface area contributed by atoms with E-state index in [9.17, 15) is 4.79 Å². The molecule has 0 unspecified atom stereocenters. The first-order chi connectivity index (χ1) is 6.18. The maximum absolute atomic E-state index is 11.0. The molecule has 1 aromatic heterocycles. The van der Waals surface area contributed by atoms with E-state index in [4.69, 9.17) is 5.73 Å². The van der Waals surface area contributed by atoms with Crippen molar-refractivity contribution < 1.29 is 4.79 Å². The molecular formula is C8H9N3OS. The Morgan fingerprint density at radius 1 is 1.46 bits per heavy atom. The van der Waals surface area contributed by atoms with E-state index in [2.05, 4.69) is 9.97 Å². The smallest absolute Gasteiger partial charge is 0.197 e. The molecule has 0 amide bonds. The van der Waals surface area contributed by atoms with Crippen molar-refractivity contribution in [1.82, 2.24) is 9.97 Å². The lowest BCUT2D eigenvalue weighted by Gasteiger charge is -2.02. The van der Waals surface area contributed by atoms with Crippen LogP contribution in [0.2, 0.25) is 0 Å². The second-order valence-electron chi connectivity index (χ2n) is 2.91. The van der Waals surface area contributed by atoms with E-state index in [1.807, 2.05) is 0 Å². The molecule has 1 aromatic rings. The molecule has 0 aromatic carbocycles. The van der Waals surface area contributed by atoms with Gasteiger partial charge >= 0.3 is 0 Å². The van der Waals surface area contributed by atoms with Gasteiger partial charge in [-0.15, -0.1) is 0 Å². The summed E-state index contributed by atoms with van der Waals surface area (Å²) < 4.78 is 0. The zero-order valence-corrected chi connectivity index (χ0v) is 8.02. The number of fused-ring (bicyclic) bond motifs is 1. The van der Waals surface area contributed by atoms with Crippen molar-refractivity contribution in [2.24, 2.45) is 0 Å². The van der Waals surface area contributed by atoms with Gasteiger partial charge < -0.3 is 5.73 Å². The molecule has 2 N–H and O–H groups in total. The summed E-state index contributed by atoms with van der Waals surface area (Å²) in [5.74, 6) is 2.26. The molecule has 13 heavy (non-hydrogen) atoms. The molecule has 2 heterocycles. The predicted molar refractivity (Wildman–Crippen MR) is 51.4 cm³/mol. The first-order valence-corrected chi connectivity index (χ1v) is 5.08. The van der Waals surface area contributed by atoms with Crippen LogP contribution in [0.25, 0.3) is 0 Å². The minimum Gasteiger partial charge on any atom is -0.383 e. The van der Waals surface area contributed by atoms with Crippen LogP contribution < -0.4 is 5.73 Å². The summed E-state index contributed by atoms with van der Waals surface area (Å²) in [6.07, 6.45) is 0. The molecule has 0 atom stereocenters. The predicted octanol–water partition coefficient (Wildman–Crippen LogP) is 1.01. The highest BCUT2D eigenvalue weighted by atomic mass is 32.2. The van der Waals surface area contributed by atoms with Crippen LogP contribution in [-0.4, -0.2) is 15.8 Å². The standard InChI is InChI=1S/C8H9N3OS/c1-4(12)8-10-6-3-13-2-5(6)7(9)11-8/h2-3H2,1H3,(H2,9,10,11). The molecule has 5 heteroatoms. The number of aromatic nitrogens is 2. The van der Waals surface area contributed by atoms with Gasteiger partial charge in [0.2, 0.25) is 0 Å². The van der Waals surface area contributed by atoms with Crippen molar-refractivity contribution in [1.29, 1.82) is 0 Å². The lowest BCUT2D eigenvalue weighted by molar-refractivity contribution is 0.100. The quantitative estimate of drug-likeness (QED) is 0.677. The number of rotatable bonds is 1. The lowest BCUT2D eigenvalue weighted by atomic mass is 10.2. The van der Waals surface area contributed by atoms with Crippen LogP contribution in [0.4, 0.5) is 5.82 Å². The van der Waals surface area contributed by atoms with Crippen LogP contribution in [0.3, 0.4) is 0 Å². The van der Waals surface area contributed by atoms with Crippen LogP contribution in [0.15, 0.2) is 0 Å². The van der Waals surface area contributed by atoms with E-state index in [0.717, 1.165) is 22.8 Å². The minimum atomic E-state index is -0.133. The normalized spacial score (nSPS) is 14.2. The highest BCUT2D eigenvalue weighted by Gasteiger charge is 2.19. The van der Waals surface area contributed by atoms with Crippen molar-refractivity contribution >= 4 is 23.4 Å². The lowest BCUT2D eigenvalue weighted by Crippen LogP contribution is -2.08. The summed E-state index contributed by atoms with van der Waals surface area (Å²) in [6.45, 7) is 1.45. The average Bonchev–Trinajstić information content (AvgIpc) is 2.51. The Balaban J connectivity index is 2.55. The molecule has 4 nitrogen and oxygen atoms in total. The molecule has 0 aliphatic carbocycles. The number of carbonyl (C=O) groups is 1. The largest absolute Gasteiger partial charge is 0.383 e. The Labute approximate surface area is 79.9 Å². The third kappa shape index (κ3) is 1.39. The van der Waals surface area contributed by atoms with Gasteiger partial charge in [0.25, 0.3) is 0 Å². The molecule has 0 radical (unpaired) electrons. The van der Waals surface area contributed by atoms with Crippen molar-refractivity contribution in [2.45, 2.75) is 18.4 Å². The van der Waals surface area contributed by atoms with Gasteiger partial charge in [-0.1, -0.05) is 0 Å². The number of Topliss-reactive ketones (excluding diaryl/α,β-unsaturated/α-hetero) is 1. The van der Waals surface area contributed by atoms with E-state index in [-0.39, 0.29) is 11.6 Å². The Morgan fingerprint density at radius 2 is 2.23 bits per heavy atom. The number of nitrogens with two attached hydrogens (primary N) is 1. The zero-order valence-electron chi connectivity index (χ0n) is 7.20. The van der Waals surface area contributed by atoms with E-state index in [1.54, 1.807) is 11.8 Å². The van der Waals surface area contributed by atoms with E-state index < -0.39 is 0 Å². The number of nitrogens with zero attached hydrogens (tertiary/aromatic N) is 2. The van der Waals surface area contributed by atoms with Crippen molar-refractivity contribution in [2.75, 3.05) is 5.73 Å². The van der Waals surface area contributed by atoms with Crippen LogP contribution in [0, 0.1) is 0 Å². The minimum absolute atomic E-state index is 0.133. The van der Waals surface area contributed by atoms with Crippen molar-refractivity contribution in [3.05, 3.63) is 17.1 Å². The number of hydrogen-bond acceptors (Lipinski definition) is 5. The molecule has 0 fully saturated rings. The monoisotopic (exact) mass is 195 g/mol. The number of ketones is 1. The van der Waals surface area contributed by atoms with Gasteiger partial charge in [-0.25, -0.2) is 9.97 Å². The van der Waals surface area contributed by atoms with Gasteiger partial charge in [0.1, 0.15) is 5.82 Å². The Morgan fingerprint density at radius 3 is 2.92 bits per heavy atom. The molecule has 68 valence electrons. The fourth-order valence-corrected chi connectivity index (χ4v) is 2.29. The molecular weight excluding hydrogens is 186 g/mol. The third-order valence-corrected chi connectivity index (χ3v) is 2.90.